The summed E-state index contributed by atoms with van der Waals surface area (Å²) in [4.78, 5) is 41.2. The Hall–Kier alpha value is -5.62. The van der Waals surface area contributed by atoms with Crippen molar-refractivity contribution >= 4 is 22.5 Å². The van der Waals surface area contributed by atoms with Crippen molar-refractivity contribution in [2.75, 3.05) is 0 Å². The largest absolute Gasteiger partial charge is 0.342 e. The lowest BCUT2D eigenvalue weighted by Gasteiger charge is -2.20. The fourth-order valence-electron chi connectivity index (χ4n) is 4.82. The predicted molar refractivity (Wildman–Crippen MR) is 156 cm³/mol. The summed E-state index contributed by atoms with van der Waals surface area (Å²) >= 11 is 0. The smallest absolute Gasteiger partial charge is 0.267 e. The van der Waals surface area contributed by atoms with Gasteiger partial charge >= 0.3 is 0 Å². The van der Waals surface area contributed by atoms with Crippen molar-refractivity contribution in [3.63, 3.8) is 0 Å². The van der Waals surface area contributed by atoms with Gasteiger partial charge in [0.1, 0.15) is 11.4 Å². The van der Waals surface area contributed by atoms with Crippen molar-refractivity contribution in [1.29, 1.82) is 0 Å². The molecule has 1 amide bonds. The van der Waals surface area contributed by atoms with E-state index in [1.54, 1.807) is 49.1 Å². The van der Waals surface area contributed by atoms with E-state index in [1.807, 2.05) is 61.5 Å². The Labute approximate surface area is 235 Å². The zero-order chi connectivity index (χ0) is 28.5. The lowest BCUT2D eigenvalue weighted by atomic mass is 10.1. The minimum absolute atomic E-state index is 0.279. The van der Waals surface area contributed by atoms with Crippen LogP contribution in [0.1, 0.15) is 51.7 Å². The summed E-state index contributed by atoms with van der Waals surface area (Å²) in [5, 5.41) is 7.80. The van der Waals surface area contributed by atoms with Gasteiger partial charge in [0.05, 0.1) is 34.0 Å². The molecule has 0 aliphatic carbocycles. The quantitative estimate of drug-likeness (QED) is 0.334. The standard InChI is InChI=1S/C32H25N7O2/c1-20-23(11-8-17-33-20)15-16-24-10-7-14-26-28(24)32(41)39(25-12-5-4-6-13-25)29(36-26)22(3)35-31(40)27-21(2)37-38-19-9-18-34-30(27)38/h4-14,17-19,22H,1-3H3,(H,35,40)/t22-/m1/s1. The summed E-state index contributed by atoms with van der Waals surface area (Å²) in [6.07, 6.45) is 5.07. The highest BCUT2D eigenvalue weighted by Crippen LogP contribution is 2.21. The van der Waals surface area contributed by atoms with Gasteiger partial charge in [0, 0.05) is 29.7 Å². The van der Waals surface area contributed by atoms with Crippen LogP contribution in [0.15, 0.2) is 90.1 Å². The molecule has 0 aliphatic rings. The average molecular weight is 540 g/mol. The van der Waals surface area contributed by atoms with Crippen molar-refractivity contribution in [2.45, 2.75) is 26.8 Å². The third kappa shape index (κ3) is 4.72. The first-order valence-electron chi connectivity index (χ1n) is 13.1. The number of carbonyl (C=O) groups is 1. The highest BCUT2D eigenvalue weighted by Gasteiger charge is 2.24. The second kappa shape index (κ2) is 10.5. The number of aryl methyl sites for hydroxylation is 2. The molecular formula is C32H25N7O2. The Kier molecular flexibility index (Phi) is 6.57. The van der Waals surface area contributed by atoms with E-state index in [9.17, 15) is 9.59 Å². The zero-order valence-electron chi connectivity index (χ0n) is 22.7. The number of hydrogen-bond acceptors (Lipinski definition) is 6. The Morgan fingerprint density at radius 1 is 0.878 bits per heavy atom. The molecule has 4 aromatic heterocycles. The molecule has 0 saturated heterocycles. The van der Waals surface area contributed by atoms with Crippen molar-refractivity contribution in [3.8, 4) is 17.5 Å². The molecule has 0 unspecified atom stereocenters. The monoisotopic (exact) mass is 539 g/mol. The van der Waals surface area contributed by atoms with Gasteiger partial charge in [-0.2, -0.15) is 5.10 Å². The van der Waals surface area contributed by atoms with Crippen LogP contribution in [0.2, 0.25) is 0 Å². The van der Waals surface area contributed by atoms with Crippen LogP contribution in [0.4, 0.5) is 0 Å². The predicted octanol–water partition coefficient (Wildman–Crippen LogP) is 4.33. The molecule has 41 heavy (non-hydrogen) atoms. The molecule has 0 spiro atoms. The maximum Gasteiger partial charge on any atom is 0.267 e. The average Bonchev–Trinajstić information content (AvgIpc) is 3.32. The lowest BCUT2D eigenvalue weighted by molar-refractivity contribution is 0.0938. The topological polar surface area (TPSA) is 107 Å². The van der Waals surface area contributed by atoms with E-state index in [-0.39, 0.29) is 11.5 Å². The van der Waals surface area contributed by atoms with Crippen LogP contribution >= 0.6 is 0 Å². The fourth-order valence-corrected chi connectivity index (χ4v) is 4.82. The molecule has 0 radical (unpaired) electrons. The lowest BCUT2D eigenvalue weighted by Crippen LogP contribution is -2.33. The first-order chi connectivity index (χ1) is 19.9. The minimum atomic E-state index is -0.634. The molecule has 4 heterocycles. The Balaban J connectivity index is 1.48. The number of nitrogens with zero attached hydrogens (tertiary/aromatic N) is 6. The van der Waals surface area contributed by atoms with E-state index in [2.05, 4.69) is 32.2 Å². The van der Waals surface area contributed by atoms with Gasteiger partial charge in [0.2, 0.25) is 0 Å². The van der Waals surface area contributed by atoms with Crippen molar-refractivity contribution < 1.29 is 4.79 Å². The molecule has 9 nitrogen and oxygen atoms in total. The van der Waals surface area contributed by atoms with Crippen molar-refractivity contribution in [1.82, 2.24) is 34.4 Å². The highest BCUT2D eigenvalue weighted by molar-refractivity contribution is 6.01. The maximum absolute atomic E-state index is 14.2. The van der Waals surface area contributed by atoms with Gasteiger partial charge in [-0.3, -0.25) is 19.1 Å². The molecule has 200 valence electrons. The number of carbonyl (C=O) groups excluding carboxylic acids is 1. The number of benzene rings is 2. The number of pyridine rings is 1. The molecule has 2 aromatic carbocycles. The summed E-state index contributed by atoms with van der Waals surface area (Å²) in [7, 11) is 0. The van der Waals surface area contributed by atoms with Gasteiger partial charge in [-0.05, 0) is 63.2 Å². The maximum atomic E-state index is 14.2. The van der Waals surface area contributed by atoms with E-state index >= 15 is 0 Å². The molecule has 6 aromatic rings. The summed E-state index contributed by atoms with van der Waals surface area (Å²) in [5.74, 6) is 6.33. The summed E-state index contributed by atoms with van der Waals surface area (Å²) < 4.78 is 3.10. The zero-order valence-corrected chi connectivity index (χ0v) is 22.7. The summed E-state index contributed by atoms with van der Waals surface area (Å²) in [6, 6.07) is 19.5. The highest BCUT2D eigenvalue weighted by atomic mass is 16.2. The van der Waals surface area contributed by atoms with Crippen LogP contribution in [0.5, 0.6) is 0 Å². The molecule has 0 bridgehead atoms. The number of hydrogen-bond donors (Lipinski definition) is 1. The molecule has 1 N–H and O–H groups in total. The second-order valence-electron chi connectivity index (χ2n) is 9.58. The first-order valence-corrected chi connectivity index (χ1v) is 13.1. The number of aromatic nitrogens is 6. The molecule has 0 aliphatic heterocycles. The molecule has 9 heteroatoms. The van der Waals surface area contributed by atoms with E-state index in [0.717, 1.165) is 11.3 Å². The Bertz CT molecular complexity index is 2070. The van der Waals surface area contributed by atoms with Crippen LogP contribution in [0.3, 0.4) is 0 Å². The normalized spacial score (nSPS) is 11.7. The van der Waals surface area contributed by atoms with E-state index in [4.69, 9.17) is 4.98 Å². The third-order valence-electron chi connectivity index (χ3n) is 6.81. The third-order valence-corrected chi connectivity index (χ3v) is 6.81. The van der Waals surface area contributed by atoms with Crippen LogP contribution in [0, 0.1) is 25.7 Å². The van der Waals surface area contributed by atoms with E-state index < -0.39 is 6.04 Å². The molecule has 6 rings (SSSR count). The van der Waals surface area contributed by atoms with Crippen LogP contribution < -0.4 is 10.9 Å². The number of amides is 1. The van der Waals surface area contributed by atoms with Crippen LogP contribution in [-0.4, -0.2) is 35.0 Å². The first kappa shape index (κ1) is 25.6. The fraction of sp³-hybridized carbons (Fsp3) is 0.125. The number of fused-ring (bicyclic) bond motifs is 2. The van der Waals surface area contributed by atoms with Gasteiger partial charge in [0.15, 0.2) is 5.65 Å². The molecule has 1 atom stereocenters. The van der Waals surface area contributed by atoms with Gasteiger partial charge < -0.3 is 5.32 Å². The Morgan fingerprint density at radius 3 is 2.44 bits per heavy atom. The minimum Gasteiger partial charge on any atom is -0.342 e. The SMILES string of the molecule is Cc1ncccc1C#Cc1cccc2nc([C@@H](C)NC(=O)c3c(C)nn4cccnc34)n(-c3ccccc3)c(=O)c12. The number of para-hydroxylation sites is 1. The second-order valence-corrected chi connectivity index (χ2v) is 9.58. The summed E-state index contributed by atoms with van der Waals surface area (Å²) in [5.41, 5.74) is 4.36. The van der Waals surface area contributed by atoms with Crippen molar-refractivity contribution in [2.24, 2.45) is 0 Å². The van der Waals surface area contributed by atoms with E-state index in [0.29, 0.717) is 44.9 Å². The van der Waals surface area contributed by atoms with E-state index in [1.165, 1.54) is 4.57 Å². The van der Waals surface area contributed by atoms with Gasteiger partial charge in [0.25, 0.3) is 11.5 Å². The number of rotatable bonds is 4. The van der Waals surface area contributed by atoms with Crippen LogP contribution in [-0.2, 0) is 0 Å². The van der Waals surface area contributed by atoms with Crippen molar-refractivity contribution in [3.05, 3.63) is 130 Å². The molecular weight excluding hydrogens is 514 g/mol. The van der Waals surface area contributed by atoms with Gasteiger partial charge in [-0.15, -0.1) is 0 Å². The number of nitrogens with one attached hydrogen (secondary N) is 1. The van der Waals surface area contributed by atoms with Gasteiger partial charge in [-0.1, -0.05) is 36.1 Å². The van der Waals surface area contributed by atoms with Gasteiger partial charge in [-0.25, -0.2) is 14.5 Å². The Morgan fingerprint density at radius 2 is 1.63 bits per heavy atom. The van der Waals surface area contributed by atoms with Crippen LogP contribution in [0.25, 0.3) is 22.2 Å². The molecule has 0 fully saturated rings. The molecule has 0 saturated carbocycles. The summed E-state index contributed by atoms with van der Waals surface area (Å²) in [6.45, 7) is 5.45.